The molecule has 25 heavy (non-hydrogen) atoms. The first kappa shape index (κ1) is 19.8. The molecule has 0 saturated carbocycles. The van der Waals surface area contributed by atoms with Gasteiger partial charge in [0.2, 0.25) is 0 Å². The highest BCUT2D eigenvalue weighted by molar-refractivity contribution is 5.84. The fourth-order valence-electron chi connectivity index (χ4n) is 3.44. The molecule has 0 amide bonds. The average molecular weight is 343 g/mol. The zero-order valence-corrected chi connectivity index (χ0v) is 16.4. The smallest absolute Gasteiger partial charge is 0.138 e. The Balaban J connectivity index is 1.81. The van der Waals surface area contributed by atoms with E-state index in [4.69, 9.17) is 4.74 Å². The van der Waals surface area contributed by atoms with Crippen LogP contribution in [-0.2, 0) is 4.79 Å². The van der Waals surface area contributed by atoms with Gasteiger partial charge in [0.05, 0.1) is 6.61 Å². The van der Waals surface area contributed by atoms with Gasteiger partial charge in [0.25, 0.3) is 0 Å². The van der Waals surface area contributed by atoms with Crippen molar-refractivity contribution in [1.29, 1.82) is 0 Å². The Kier molecular flexibility index (Phi) is 7.74. The number of unbranched alkanes of at least 4 members (excludes halogenated alkanes) is 1. The Morgan fingerprint density at radius 3 is 2.40 bits per heavy atom. The first-order chi connectivity index (χ1) is 12.0. The van der Waals surface area contributed by atoms with Gasteiger partial charge in [0.15, 0.2) is 0 Å². The van der Waals surface area contributed by atoms with E-state index in [2.05, 4.69) is 44.2 Å². The fraction of sp³-hybridized carbons (Fsp3) is 0.609. The van der Waals surface area contributed by atoms with Crippen LogP contribution in [0.1, 0.15) is 71.8 Å². The maximum Gasteiger partial charge on any atom is 0.138 e. The minimum atomic E-state index is 0.150. The number of rotatable bonds is 9. The van der Waals surface area contributed by atoms with Crippen LogP contribution in [-0.4, -0.2) is 12.4 Å². The lowest BCUT2D eigenvalue weighted by molar-refractivity contribution is -0.126. The second-order valence-electron chi connectivity index (χ2n) is 8.02. The lowest BCUT2D eigenvalue weighted by atomic mass is 9.81. The molecular formula is C23H34O2. The van der Waals surface area contributed by atoms with Gasteiger partial charge in [-0.25, -0.2) is 0 Å². The monoisotopic (exact) mass is 342 g/mol. The Morgan fingerprint density at radius 1 is 1.12 bits per heavy atom. The molecule has 0 N–H and O–H groups in total. The van der Waals surface area contributed by atoms with E-state index in [0.717, 1.165) is 44.0 Å². The quantitative estimate of drug-likeness (QED) is 0.492. The number of ketones is 1. The van der Waals surface area contributed by atoms with Gasteiger partial charge in [0, 0.05) is 11.8 Å². The molecule has 0 heterocycles. The molecule has 0 aromatic heterocycles. The van der Waals surface area contributed by atoms with Crippen LogP contribution in [0.5, 0.6) is 5.75 Å². The van der Waals surface area contributed by atoms with Crippen LogP contribution in [0.2, 0.25) is 0 Å². The second kappa shape index (κ2) is 9.79. The van der Waals surface area contributed by atoms with E-state index < -0.39 is 0 Å². The van der Waals surface area contributed by atoms with Crippen LogP contribution >= 0.6 is 0 Å². The highest BCUT2D eigenvalue weighted by Crippen LogP contribution is 2.32. The van der Waals surface area contributed by atoms with E-state index in [9.17, 15) is 4.79 Å². The molecule has 0 spiro atoms. The van der Waals surface area contributed by atoms with Crippen LogP contribution in [0.3, 0.4) is 0 Å². The van der Waals surface area contributed by atoms with Crippen molar-refractivity contribution in [2.75, 3.05) is 6.61 Å². The van der Waals surface area contributed by atoms with Gasteiger partial charge in [-0.05, 0) is 61.3 Å². The maximum absolute atomic E-state index is 12.1. The summed E-state index contributed by atoms with van der Waals surface area (Å²) >= 11 is 0. The largest absolute Gasteiger partial charge is 0.494 e. The summed E-state index contributed by atoms with van der Waals surface area (Å²) in [5.74, 6) is 2.52. The lowest BCUT2D eigenvalue weighted by Crippen LogP contribution is -2.21. The highest BCUT2D eigenvalue weighted by Gasteiger charge is 2.23. The summed E-state index contributed by atoms with van der Waals surface area (Å²) in [6.45, 7) is 9.33. The molecule has 0 bridgehead atoms. The van der Waals surface area contributed by atoms with Crippen LogP contribution in [0.4, 0.5) is 0 Å². The van der Waals surface area contributed by atoms with Crippen LogP contribution in [0.15, 0.2) is 30.3 Å². The number of Topliss-reactive ketones (excluding diaryl/α,β-unsaturated/α-hetero) is 1. The number of hydrogen-bond acceptors (Lipinski definition) is 2. The summed E-state index contributed by atoms with van der Waals surface area (Å²) in [5, 5.41) is 0. The molecule has 1 unspecified atom stereocenters. The standard InChI is InChI=1S/C23H34O2/c1-17(2)7-5-6-16-25-22-14-12-20(13-15-22)19-8-10-21(11-9-19)23(24)18(3)4/h8,12-15,17-18,21H,5-7,9-11,16H2,1-4H3. The van der Waals surface area contributed by atoms with Gasteiger partial charge in [-0.2, -0.15) is 0 Å². The first-order valence-electron chi connectivity index (χ1n) is 9.93. The van der Waals surface area contributed by atoms with E-state index in [0.29, 0.717) is 5.78 Å². The van der Waals surface area contributed by atoms with Crippen molar-refractivity contribution >= 4 is 11.4 Å². The third kappa shape index (κ3) is 6.34. The molecule has 2 rings (SSSR count). The predicted molar refractivity (Wildman–Crippen MR) is 106 cm³/mol. The van der Waals surface area contributed by atoms with Gasteiger partial charge in [-0.3, -0.25) is 4.79 Å². The van der Waals surface area contributed by atoms with E-state index in [1.54, 1.807) is 0 Å². The van der Waals surface area contributed by atoms with E-state index in [1.165, 1.54) is 24.0 Å². The Labute approximate surface area is 153 Å². The third-order valence-corrected chi connectivity index (χ3v) is 5.05. The summed E-state index contributed by atoms with van der Waals surface area (Å²) in [6, 6.07) is 8.45. The van der Waals surface area contributed by atoms with Gasteiger partial charge in [0.1, 0.15) is 11.5 Å². The zero-order valence-electron chi connectivity index (χ0n) is 16.4. The summed E-state index contributed by atoms with van der Waals surface area (Å²) < 4.78 is 5.84. The molecule has 2 nitrogen and oxygen atoms in total. The molecule has 1 aliphatic rings. The Bertz CT molecular complexity index is 566. The molecule has 138 valence electrons. The molecular weight excluding hydrogens is 308 g/mol. The third-order valence-electron chi connectivity index (χ3n) is 5.05. The lowest BCUT2D eigenvalue weighted by Gasteiger charge is -2.22. The van der Waals surface area contributed by atoms with E-state index in [-0.39, 0.29) is 11.8 Å². The molecule has 0 fully saturated rings. The van der Waals surface area contributed by atoms with Crippen molar-refractivity contribution in [2.45, 2.75) is 66.2 Å². The van der Waals surface area contributed by atoms with Crippen molar-refractivity contribution in [1.82, 2.24) is 0 Å². The Hall–Kier alpha value is -1.57. The number of benzene rings is 1. The van der Waals surface area contributed by atoms with E-state index >= 15 is 0 Å². The normalized spacial score (nSPS) is 17.7. The molecule has 1 atom stereocenters. The topological polar surface area (TPSA) is 26.3 Å². The number of carbonyl (C=O) groups is 1. The van der Waals surface area contributed by atoms with Gasteiger partial charge in [-0.15, -0.1) is 0 Å². The summed E-state index contributed by atoms with van der Waals surface area (Å²) in [4.78, 5) is 12.1. The van der Waals surface area contributed by atoms with Gasteiger partial charge in [-0.1, -0.05) is 52.3 Å². The van der Waals surface area contributed by atoms with Crippen LogP contribution < -0.4 is 4.74 Å². The van der Waals surface area contributed by atoms with Gasteiger partial charge >= 0.3 is 0 Å². The van der Waals surface area contributed by atoms with E-state index in [1.807, 2.05) is 13.8 Å². The Morgan fingerprint density at radius 2 is 1.84 bits per heavy atom. The minimum Gasteiger partial charge on any atom is -0.494 e. The van der Waals surface area contributed by atoms with Crippen molar-refractivity contribution < 1.29 is 9.53 Å². The van der Waals surface area contributed by atoms with Gasteiger partial charge < -0.3 is 4.74 Å². The number of hydrogen-bond donors (Lipinski definition) is 0. The second-order valence-corrected chi connectivity index (χ2v) is 8.02. The SMILES string of the molecule is CC(C)CCCCOc1ccc(C2=CCC(C(=O)C(C)C)CC2)cc1. The van der Waals surface area contributed by atoms with Crippen molar-refractivity contribution in [2.24, 2.45) is 17.8 Å². The molecule has 2 heteroatoms. The number of carbonyl (C=O) groups excluding carboxylic acids is 1. The molecule has 1 aromatic carbocycles. The number of allylic oxidation sites excluding steroid dienone is 2. The highest BCUT2D eigenvalue weighted by atomic mass is 16.5. The molecule has 0 saturated heterocycles. The summed E-state index contributed by atoms with van der Waals surface area (Å²) in [5.41, 5.74) is 2.64. The summed E-state index contributed by atoms with van der Waals surface area (Å²) in [7, 11) is 0. The molecule has 1 aliphatic carbocycles. The fourth-order valence-corrected chi connectivity index (χ4v) is 3.44. The maximum atomic E-state index is 12.1. The van der Waals surface area contributed by atoms with Crippen molar-refractivity contribution in [3.8, 4) is 5.75 Å². The van der Waals surface area contributed by atoms with Crippen LogP contribution in [0, 0.1) is 17.8 Å². The predicted octanol–water partition coefficient (Wildman–Crippen LogP) is 6.30. The molecule has 0 radical (unpaired) electrons. The van der Waals surface area contributed by atoms with Crippen molar-refractivity contribution in [3.05, 3.63) is 35.9 Å². The first-order valence-corrected chi connectivity index (χ1v) is 9.93. The van der Waals surface area contributed by atoms with Crippen molar-refractivity contribution in [3.63, 3.8) is 0 Å². The molecule has 1 aromatic rings. The van der Waals surface area contributed by atoms with Crippen LogP contribution in [0.25, 0.3) is 5.57 Å². The zero-order chi connectivity index (χ0) is 18.2. The molecule has 0 aliphatic heterocycles. The number of ether oxygens (including phenoxy) is 1. The summed E-state index contributed by atoms with van der Waals surface area (Å²) in [6.07, 6.45) is 8.76. The minimum absolute atomic E-state index is 0.150. The average Bonchev–Trinajstić information content (AvgIpc) is 2.61.